The SMILES string of the molecule is COc1ccc(COC(=O)C2=C(C=Cc3csc4cn(C)c[n+]34)CS[C@@H]3[C@H](NC(=O)/C(=N\OC(c4ccccc4)(c4ccccc4)c4ccccc4)c4csc(NC(c5ccccc5)(c5ccccc5)c5ccccc5)n4)C(=O)N23)cc1.[I-]. The molecule has 7 aromatic carbocycles. The number of aromatic nitrogens is 3. The number of aryl methyl sites for hydroxylation is 1. The Morgan fingerprint density at radius 3 is 1.77 bits per heavy atom. The number of carbonyl (C=O) groups is 3. The van der Waals surface area contributed by atoms with Gasteiger partial charge in [0.15, 0.2) is 10.8 Å². The number of nitrogens with one attached hydrogen (secondary N) is 2. The minimum Gasteiger partial charge on any atom is -1.00 e. The highest BCUT2D eigenvalue weighted by Gasteiger charge is 2.55. The molecule has 0 saturated carbocycles. The van der Waals surface area contributed by atoms with E-state index in [0.29, 0.717) is 22.2 Å². The molecule has 2 atom stereocenters. The van der Waals surface area contributed by atoms with E-state index in [-0.39, 0.29) is 47.7 Å². The van der Waals surface area contributed by atoms with Gasteiger partial charge in [-0.05, 0) is 46.0 Å². The highest BCUT2D eigenvalue weighted by molar-refractivity contribution is 8.00. The quantitative estimate of drug-likeness (QED) is 0.0155. The summed E-state index contributed by atoms with van der Waals surface area (Å²) in [6.07, 6.45) is 7.81. The van der Waals surface area contributed by atoms with Crippen LogP contribution in [0.15, 0.2) is 252 Å². The topological polar surface area (TPSA) is 140 Å². The molecule has 10 aromatic rings. The maximum Gasteiger partial charge on any atom is 0.355 e. The van der Waals surface area contributed by atoms with Crippen molar-refractivity contribution in [2.24, 2.45) is 12.2 Å². The van der Waals surface area contributed by atoms with E-state index in [1.165, 1.54) is 28.0 Å². The number of fused-ring (bicyclic) bond motifs is 2. The molecule has 0 spiro atoms. The lowest BCUT2D eigenvalue weighted by Gasteiger charge is -2.49. The van der Waals surface area contributed by atoms with Crippen molar-refractivity contribution in [3.8, 4) is 5.75 Å². The second-order valence-corrected chi connectivity index (χ2v) is 22.4. The van der Waals surface area contributed by atoms with E-state index in [9.17, 15) is 9.59 Å². The van der Waals surface area contributed by atoms with Crippen LogP contribution in [0.3, 0.4) is 0 Å². The van der Waals surface area contributed by atoms with Gasteiger partial charge in [-0.15, -0.1) is 23.1 Å². The molecule has 2 aliphatic heterocycles. The van der Waals surface area contributed by atoms with Gasteiger partial charge in [-0.1, -0.05) is 217 Å². The van der Waals surface area contributed by atoms with E-state index >= 15 is 4.79 Å². The fourth-order valence-electron chi connectivity index (χ4n) is 10.6. The van der Waals surface area contributed by atoms with Crippen LogP contribution in [0.5, 0.6) is 5.75 Å². The van der Waals surface area contributed by atoms with E-state index in [0.717, 1.165) is 49.5 Å². The van der Waals surface area contributed by atoms with Gasteiger partial charge in [0.25, 0.3) is 11.8 Å². The lowest BCUT2D eigenvalue weighted by atomic mass is 9.77. The third-order valence-corrected chi connectivity index (χ3v) is 17.5. The Balaban J connectivity index is 0.00000721. The number of oxime groups is 1. The van der Waals surface area contributed by atoms with Crippen LogP contribution in [-0.2, 0) is 48.8 Å². The first-order valence-electron chi connectivity index (χ1n) is 26.5. The molecular formula is C66H54IN7O6S3. The molecule has 3 aromatic heterocycles. The zero-order chi connectivity index (χ0) is 56.0. The average Bonchev–Trinajstić information content (AvgIpc) is 3.42. The van der Waals surface area contributed by atoms with Gasteiger partial charge in [0.05, 0.1) is 14.2 Å². The zero-order valence-electron chi connectivity index (χ0n) is 45.0. The highest BCUT2D eigenvalue weighted by atomic mass is 127. The van der Waals surface area contributed by atoms with E-state index in [2.05, 4.69) is 51.4 Å². The molecule has 0 radical (unpaired) electrons. The van der Waals surface area contributed by atoms with Crippen LogP contribution in [0.2, 0.25) is 0 Å². The molecule has 1 saturated heterocycles. The standard InChI is InChI=1S/C66H53N7O6S3.HI/c1-71-39-56-72(44-71)53(42-80-56)36-35-46-41-81-62-58(61(75)73(62)59(46)63(76)78-40-45-33-37-54(77-2)38-34-45)68-60(74)57(70-79-66(50-27-15-6-16-28-50,51-29-17-7-18-30-51)52-31-19-8-20-32-52)55-43-82-64(67-55)69-65(47-21-9-3-10-22-47,48-23-11-4-12-24-48)49-25-13-5-14-26-49;/h3-39,42-44,58,62H,40-41H2,1-2H3,(H-,67,68,69,74);1H/b36-35?,70-57-;/t58-,62-;/m1./s1. The fourth-order valence-corrected chi connectivity index (χ4v) is 13.6. The number of imidazole rings is 1. The molecule has 2 amide bonds. The molecule has 0 unspecified atom stereocenters. The number of allylic oxidation sites excluding steroid dienone is 1. The van der Waals surface area contributed by atoms with Gasteiger partial charge >= 0.3 is 5.97 Å². The summed E-state index contributed by atoms with van der Waals surface area (Å²) in [5.74, 6) is -0.867. The molecule has 13 nitrogen and oxygen atoms in total. The number of benzene rings is 7. The molecule has 1 fully saturated rings. The lowest BCUT2D eigenvalue weighted by molar-refractivity contribution is -0.510. The summed E-state index contributed by atoms with van der Waals surface area (Å²) in [4.78, 5) is 59.5. The van der Waals surface area contributed by atoms with Gasteiger partial charge in [0, 0.05) is 33.2 Å². The number of thioether (sulfide) groups is 1. The third-order valence-electron chi connectivity index (χ3n) is 14.6. The van der Waals surface area contributed by atoms with Crippen molar-refractivity contribution >= 4 is 74.0 Å². The number of methoxy groups -OCH3 is 1. The number of anilines is 1. The number of rotatable bonds is 19. The van der Waals surface area contributed by atoms with Crippen molar-refractivity contribution < 1.29 is 57.1 Å². The molecule has 414 valence electrons. The first kappa shape index (κ1) is 56.3. The van der Waals surface area contributed by atoms with Gasteiger partial charge in [-0.2, -0.15) is 4.40 Å². The second kappa shape index (κ2) is 24.8. The van der Waals surface area contributed by atoms with Crippen LogP contribution in [0.25, 0.3) is 10.9 Å². The molecule has 0 aliphatic carbocycles. The number of hydrogen-bond donors (Lipinski definition) is 2. The summed E-state index contributed by atoms with van der Waals surface area (Å²) in [5, 5.41) is 15.4. The number of halogens is 1. The molecule has 2 N–H and O–H groups in total. The van der Waals surface area contributed by atoms with Crippen molar-refractivity contribution in [1.82, 2.24) is 19.8 Å². The van der Waals surface area contributed by atoms with E-state index in [4.69, 9.17) is 24.5 Å². The first-order chi connectivity index (χ1) is 40.2. The van der Waals surface area contributed by atoms with Crippen LogP contribution in [0.4, 0.5) is 5.13 Å². The highest BCUT2D eigenvalue weighted by Crippen LogP contribution is 2.44. The van der Waals surface area contributed by atoms with Crippen LogP contribution in [0, 0.1) is 0 Å². The molecule has 2 aliphatic rings. The lowest BCUT2D eigenvalue weighted by Crippen LogP contribution is -3.00. The van der Waals surface area contributed by atoms with Gasteiger partial charge < -0.3 is 48.9 Å². The number of hydrogen-bond acceptors (Lipinski definition) is 12. The minimum absolute atomic E-state index is 0. The number of ether oxygens (including phenoxy) is 2. The van der Waals surface area contributed by atoms with Crippen molar-refractivity contribution in [2.75, 3.05) is 18.2 Å². The zero-order valence-corrected chi connectivity index (χ0v) is 49.6. The van der Waals surface area contributed by atoms with E-state index < -0.39 is 40.3 Å². The number of amides is 2. The second-order valence-electron chi connectivity index (χ2n) is 19.6. The molecule has 5 heterocycles. The van der Waals surface area contributed by atoms with Gasteiger partial charge in [0.2, 0.25) is 16.8 Å². The Labute approximate surface area is 509 Å². The average molecular weight is 1260 g/mol. The number of carbonyl (C=O) groups excluding carboxylic acids is 3. The monoisotopic (exact) mass is 1260 g/mol. The number of nitrogens with zero attached hydrogens (tertiary/aromatic N) is 5. The van der Waals surface area contributed by atoms with Crippen molar-refractivity contribution in [2.45, 2.75) is 29.2 Å². The van der Waals surface area contributed by atoms with Crippen LogP contribution >= 0.6 is 34.4 Å². The first-order valence-corrected chi connectivity index (χ1v) is 29.3. The van der Waals surface area contributed by atoms with E-state index in [1.54, 1.807) is 36.0 Å². The summed E-state index contributed by atoms with van der Waals surface area (Å²) in [6.45, 7) is -0.0434. The van der Waals surface area contributed by atoms with E-state index in [1.807, 2.05) is 199 Å². The molecule has 0 bridgehead atoms. The summed E-state index contributed by atoms with van der Waals surface area (Å²) >= 11 is 4.34. The van der Waals surface area contributed by atoms with Crippen LogP contribution in [0.1, 0.15) is 50.3 Å². The number of esters is 1. The Morgan fingerprint density at radius 2 is 1.24 bits per heavy atom. The van der Waals surface area contributed by atoms with Crippen molar-refractivity contribution in [3.05, 3.63) is 297 Å². The molecule has 83 heavy (non-hydrogen) atoms. The van der Waals surface area contributed by atoms with Gasteiger partial charge in [0.1, 0.15) is 52.6 Å². The smallest absolute Gasteiger partial charge is 0.355 e. The van der Waals surface area contributed by atoms with Crippen LogP contribution in [-0.4, -0.2) is 62.2 Å². The molecular weight excluding hydrogens is 1210 g/mol. The Hall–Kier alpha value is -8.62. The minimum atomic E-state index is -1.37. The van der Waals surface area contributed by atoms with Crippen LogP contribution < -0.4 is 43.7 Å². The van der Waals surface area contributed by atoms with Crippen molar-refractivity contribution in [1.29, 1.82) is 0 Å². The normalized spacial score (nSPS) is 15.3. The number of thiazole rings is 2. The Kier molecular flexibility index (Phi) is 16.8. The largest absolute Gasteiger partial charge is 1.00 e. The number of β-lactam (4-membered cyclic amide) rings is 1. The maximum absolute atomic E-state index is 15.5. The summed E-state index contributed by atoms with van der Waals surface area (Å²) in [5.41, 5.74) is 5.23. The molecule has 17 heteroatoms. The van der Waals surface area contributed by atoms with Gasteiger partial charge in [-0.3, -0.25) is 14.5 Å². The summed E-state index contributed by atoms with van der Waals surface area (Å²) < 4.78 is 15.3. The predicted molar refractivity (Wildman–Crippen MR) is 322 cm³/mol. The molecule has 12 rings (SSSR count). The maximum atomic E-state index is 15.5. The third kappa shape index (κ3) is 11.1. The Morgan fingerprint density at radius 1 is 0.711 bits per heavy atom. The Bertz CT molecular complexity index is 3800. The van der Waals surface area contributed by atoms with Gasteiger partial charge in [-0.25, -0.2) is 14.3 Å². The fraction of sp³-hybridized carbons (Fsp3) is 0.121. The summed E-state index contributed by atoms with van der Waals surface area (Å²) in [7, 11) is 3.55. The van der Waals surface area contributed by atoms with Crippen molar-refractivity contribution in [3.63, 3.8) is 0 Å². The predicted octanol–water partition coefficient (Wildman–Crippen LogP) is 8.52. The summed E-state index contributed by atoms with van der Waals surface area (Å²) in [6, 6.07) is 65.9.